The molecule has 1 unspecified atom stereocenters. The molecule has 14 heteroatoms. The second-order valence-corrected chi connectivity index (χ2v) is 10.9. The zero-order valence-corrected chi connectivity index (χ0v) is 22.9. The van der Waals surface area contributed by atoms with Gasteiger partial charge in [0.2, 0.25) is 10.0 Å². The summed E-state index contributed by atoms with van der Waals surface area (Å²) in [4.78, 5) is 35.5. The fraction of sp³-hybridized carbons (Fsp3) is 0.179. The lowest BCUT2D eigenvalue weighted by atomic mass is 10.1. The molecule has 1 heterocycles. The Balaban J connectivity index is 1.49. The van der Waals surface area contributed by atoms with Crippen LogP contribution in [-0.4, -0.2) is 43.5 Å². The smallest absolute Gasteiger partial charge is 0.471 e. The van der Waals surface area contributed by atoms with Gasteiger partial charge in [-0.05, 0) is 60.9 Å². The number of carbonyl (C=O) groups excluding carboxylic acids is 2. The summed E-state index contributed by atoms with van der Waals surface area (Å²) in [5.74, 6) is -4.25. The molecule has 0 aliphatic carbocycles. The molecule has 4 rings (SSSR count). The fourth-order valence-corrected chi connectivity index (χ4v) is 5.41. The summed E-state index contributed by atoms with van der Waals surface area (Å²) in [5, 5.41) is 13.7. The average molecular weight is 604 g/mol. The molecule has 0 aliphatic rings. The normalized spacial score (nSPS) is 12.6. The average Bonchev–Trinajstić information content (AvgIpc) is 3.29. The van der Waals surface area contributed by atoms with Crippen molar-refractivity contribution in [3.63, 3.8) is 0 Å². The van der Waals surface area contributed by atoms with Crippen LogP contribution in [0.1, 0.15) is 29.5 Å². The minimum Gasteiger partial charge on any atom is -0.480 e. The number of carboxylic acids is 1. The molecule has 1 atom stereocenters. The van der Waals surface area contributed by atoms with E-state index in [-0.39, 0.29) is 39.3 Å². The Hall–Kier alpha value is -4.69. The lowest BCUT2D eigenvalue weighted by molar-refractivity contribution is -0.167. The van der Waals surface area contributed by atoms with Gasteiger partial charge in [-0.2, -0.15) is 17.9 Å². The Morgan fingerprint density at radius 3 is 2.07 bits per heavy atom. The Morgan fingerprint density at radius 2 is 1.52 bits per heavy atom. The van der Waals surface area contributed by atoms with Gasteiger partial charge in [0.05, 0.1) is 10.6 Å². The van der Waals surface area contributed by atoms with Crippen LogP contribution in [0, 0.1) is 6.92 Å². The van der Waals surface area contributed by atoms with Crippen LogP contribution < -0.4 is 15.4 Å². The summed E-state index contributed by atoms with van der Waals surface area (Å²) in [5.41, 5.74) is 1.90. The minimum atomic E-state index is -5.09. The number of fused-ring (bicyclic) bond motifs is 1. The molecule has 1 aromatic heterocycles. The third kappa shape index (κ3) is 6.44. The van der Waals surface area contributed by atoms with Crippen LogP contribution in [0.3, 0.4) is 0 Å². The summed E-state index contributed by atoms with van der Waals surface area (Å²) in [6.07, 6.45) is -5.02. The molecule has 0 saturated carbocycles. The third-order valence-electron chi connectivity index (χ3n) is 6.31. The summed E-state index contributed by atoms with van der Waals surface area (Å²) < 4.78 is 71.0. The van der Waals surface area contributed by atoms with Crippen molar-refractivity contribution in [3.05, 3.63) is 78.1 Å². The van der Waals surface area contributed by atoms with Gasteiger partial charge in [0.1, 0.15) is 11.6 Å². The number of furan rings is 1. The van der Waals surface area contributed by atoms with Crippen LogP contribution >= 0.6 is 0 Å². The van der Waals surface area contributed by atoms with Crippen LogP contribution in [0.2, 0.25) is 0 Å². The first-order chi connectivity index (χ1) is 19.7. The van der Waals surface area contributed by atoms with Gasteiger partial charge in [-0.1, -0.05) is 37.3 Å². The van der Waals surface area contributed by atoms with E-state index in [0.717, 1.165) is 0 Å². The van der Waals surface area contributed by atoms with Gasteiger partial charge >= 0.3 is 18.1 Å². The van der Waals surface area contributed by atoms with Crippen molar-refractivity contribution in [1.29, 1.82) is 0 Å². The molecule has 0 saturated heterocycles. The van der Waals surface area contributed by atoms with E-state index in [0.29, 0.717) is 16.8 Å². The molecule has 2 amide bonds. The van der Waals surface area contributed by atoms with Gasteiger partial charge in [0.15, 0.2) is 5.76 Å². The fourth-order valence-electron chi connectivity index (χ4n) is 4.14. The number of amides is 2. The van der Waals surface area contributed by atoms with Crippen molar-refractivity contribution in [1.82, 2.24) is 4.72 Å². The molecular formula is C28H24F3N3O7S. The summed E-state index contributed by atoms with van der Waals surface area (Å²) >= 11 is 0. The lowest BCUT2D eigenvalue weighted by Gasteiger charge is -2.13. The highest BCUT2D eigenvalue weighted by molar-refractivity contribution is 7.89. The van der Waals surface area contributed by atoms with Gasteiger partial charge in [-0.3, -0.25) is 14.4 Å². The highest BCUT2D eigenvalue weighted by Gasteiger charge is 2.39. The van der Waals surface area contributed by atoms with Crippen molar-refractivity contribution >= 4 is 50.2 Å². The zero-order valence-electron chi connectivity index (χ0n) is 22.1. The van der Waals surface area contributed by atoms with Crippen molar-refractivity contribution < 1.29 is 45.5 Å². The van der Waals surface area contributed by atoms with Crippen molar-refractivity contribution in [2.24, 2.45) is 0 Å². The Kier molecular flexibility index (Phi) is 8.40. The first-order valence-corrected chi connectivity index (χ1v) is 13.9. The monoisotopic (exact) mass is 603 g/mol. The second kappa shape index (κ2) is 11.7. The number of anilines is 2. The van der Waals surface area contributed by atoms with Gasteiger partial charge in [0.25, 0.3) is 5.91 Å². The molecule has 0 radical (unpaired) electrons. The summed E-state index contributed by atoms with van der Waals surface area (Å²) in [6.45, 7) is 3.03. The van der Waals surface area contributed by atoms with E-state index >= 15 is 0 Å². The number of carboxylic acid groups (broad SMARTS) is 1. The van der Waals surface area contributed by atoms with Gasteiger partial charge < -0.3 is 20.2 Å². The molecule has 0 spiro atoms. The maximum absolute atomic E-state index is 13.0. The number of halogens is 3. The molecule has 42 heavy (non-hydrogen) atoms. The van der Waals surface area contributed by atoms with E-state index in [2.05, 4.69) is 10.0 Å². The maximum atomic E-state index is 13.0. The number of aryl methyl sites for hydroxylation is 1. The number of sulfonamides is 1. The topological polar surface area (TPSA) is 155 Å². The molecule has 3 aromatic carbocycles. The number of nitrogens with one attached hydrogen (secondary N) is 3. The van der Waals surface area contributed by atoms with Gasteiger partial charge in [0, 0.05) is 16.6 Å². The number of rotatable bonds is 9. The van der Waals surface area contributed by atoms with Crippen LogP contribution in [-0.2, 0) is 19.6 Å². The quantitative estimate of drug-likeness (QED) is 0.202. The van der Waals surface area contributed by atoms with Crippen molar-refractivity contribution in [3.8, 4) is 11.1 Å². The van der Waals surface area contributed by atoms with E-state index < -0.39 is 40.0 Å². The predicted molar refractivity (Wildman–Crippen MR) is 148 cm³/mol. The first-order valence-electron chi connectivity index (χ1n) is 12.4. The van der Waals surface area contributed by atoms with Crippen LogP contribution in [0.5, 0.6) is 0 Å². The van der Waals surface area contributed by atoms with Gasteiger partial charge in [-0.15, -0.1) is 0 Å². The number of carbonyl (C=O) groups is 3. The van der Waals surface area contributed by atoms with E-state index in [9.17, 15) is 36.0 Å². The number of benzene rings is 3. The molecule has 4 aromatic rings. The summed E-state index contributed by atoms with van der Waals surface area (Å²) in [7, 11) is -4.05. The van der Waals surface area contributed by atoms with E-state index in [1.807, 2.05) is 0 Å². The van der Waals surface area contributed by atoms with Crippen LogP contribution in [0.25, 0.3) is 22.1 Å². The minimum absolute atomic E-state index is 0.0761. The highest BCUT2D eigenvalue weighted by atomic mass is 32.2. The summed E-state index contributed by atoms with van der Waals surface area (Å²) in [6, 6.07) is 15.2. The molecule has 0 bridgehead atoms. The Morgan fingerprint density at radius 1 is 0.929 bits per heavy atom. The number of hydrogen-bond donors (Lipinski definition) is 4. The molecule has 220 valence electrons. The predicted octanol–water partition coefficient (Wildman–Crippen LogP) is 5.30. The molecular weight excluding hydrogens is 579 g/mol. The molecule has 4 N–H and O–H groups in total. The second-order valence-electron chi connectivity index (χ2n) is 9.16. The van der Waals surface area contributed by atoms with E-state index in [1.165, 1.54) is 37.3 Å². The number of aliphatic carboxylic acids is 1. The van der Waals surface area contributed by atoms with Crippen LogP contribution in [0.15, 0.2) is 76.0 Å². The van der Waals surface area contributed by atoms with Gasteiger partial charge in [-0.25, -0.2) is 8.42 Å². The highest BCUT2D eigenvalue weighted by Crippen LogP contribution is 2.33. The molecule has 0 fully saturated rings. The third-order valence-corrected chi connectivity index (χ3v) is 7.80. The zero-order chi connectivity index (χ0) is 30.8. The SMILES string of the molecule is CCC(NS(=O)(=O)c1ccc(-c2ccc(NC(=O)c3oc4cccc(NC(=O)C(F)(F)F)c4c3C)cc2)cc1)C(=O)O. The maximum Gasteiger partial charge on any atom is 0.471 e. The van der Waals surface area contributed by atoms with E-state index in [1.54, 1.807) is 48.6 Å². The van der Waals surface area contributed by atoms with Crippen molar-refractivity contribution in [2.45, 2.75) is 37.4 Å². The van der Waals surface area contributed by atoms with Crippen molar-refractivity contribution in [2.75, 3.05) is 10.6 Å². The number of alkyl halides is 3. The van der Waals surface area contributed by atoms with Crippen LogP contribution in [0.4, 0.5) is 24.5 Å². The molecule has 0 aliphatic heterocycles. The Labute approximate surface area is 237 Å². The lowest BCUT2D eigenvalue weighted by Crippen LogP contribution is -2.40. The van der Waals surface area contributed by atoms with E-state index in [4.69, 9.17) is 9.52 Å². The standard InChI is InChI=1S/C28H24F3N3O7S/c1-3-20(26(36)37)34-42(39,40)19-13-9-17(10-14-19)16-7-11-18(12-8-16)32-25(35)24-15(2)23-21(5-4-6-22(23)41-24)33-27(38)28(29,30)31/h4-14,20,34H,3H2,1-2H3,(H,32,35)(H,33,38)(H,36,37). The first kappa shape index (κ1) is 30.3. The molecule has 10 nitrogen and oxygen atoms in total. The Bertz CT molecular complexity index is 1770. The number of hydrogen-bond acceptors (Lipinski definition) is 6. The largest absolute Gasteiger partial charge is 0.480 e.